The van der Waals surface area contributed by atoms with Crippen LogP contribution in [-0.4, -0.2) is 35.1 Å². The lowest BCUT2D eigenvalue weighted by Crippen LogP contribution is -2.40. The number of ether oxygens (including phenoxy) is 2. The molecule has 1 N–H and O–H groups in total. The molecule has 7 nitrogen and oxygen atoms in total. The van der Waals surface area contributed by atoms with Gasteiger partial charge in [0, 0.05) is 27.9 Å². The zero-order valence-electron chi connectivity index (χ0n) is 16.8. The number of halogens is 1. The molecule has 1 amide bonds. The Kier molecular flexibility index (Phi) is 5.51. The van der Waals surface area contributed by atoms with Gasteiger partial charge in [-0.05, 0) is 36.4 Å². The summed E-state index contributed by atoms with van der Waals surface area (Å²) in [7, 11) is -0.933. The highest BCUT2D eigenvalue weighted by molar-refractivity contribution is 7.93. The Morgan fingerprint density at radius 2 is 1.71 bits per heavy atom. The third-order valence-electron chi connectivity index (χ3n) is 4.93. The van der Waals surface area contributed by atoms with E-state index in [1.54, 1.807) is 54.6 Å². The lowest BCUT2D eigenvalue weighted by Gasteiger charge is -2.31. The zero-order valence-corrected chi connectivity index (χ0v) is 18.3. The van der Waals surface area contributed by atoms with Crippen LogP contribution < -0.4 is 19.1 Å². The average molecular weight is 459 g/mol. The van der Waals surface area contributed by atoms with Gasteiger partial charge < -0.3 is 14.8 Å². The summed E-state index contributed by atoms with van der Waals surface area (Å²) >= 11 is 6.16. The third kappa shape index (κ3) is 3.80. The number of benzene rings is 3. The van der Waals surface area contributed by atoms with Gasteiger partial charge in [-0.3, -0.25) is 9.10 Å². The van der Waals surface area contributed by atoms with E-state index in [0.29, 0.717) is 39.0 Å². The Hall–Kier alpha value is -3.23. The Morgan fingerprint density at radius 3 is 2.45 bits per heavy atom. The number of fused-ring (bicyclic) bond motifs is 3. The molecular formula is C22H19ClN2O5S. The summed E-state index contributed by atoms with van der Waals surface area (Å²) in [5, 5.41) is 3.19. The van der Waals surface area contributed by atoms with Crippen molar-refractivity contribution in [2.75, 3.05) is 30.4 Å². The first-order chi connectivity index (χ1) is 14.8. The second-order valence-corrected chi connectivity index (χ2v) is 9.05. The monoisotopic (exact) mass is 458 g/mol. The van der Waals surface area contributed by atoms with E-state index in [2.05, 4.69) is 5.32 Å². The molecule has 0 spiro atoms. The molecule has 0 unspecified atom stereocenters. The molecule has 1 aliphatic rings. The van der Waals surface area contributed by atoms with E-state index in [1.807, 2.05) is 0 Å². The van der Waals surface area contributed by atoms with Crippen LogP contribution in [-0.2, 0) is 14.8 Å². The average Bonchev–Trinajstić information content (AvgIpc) is 2.76. The lowest BCUT2D eigenvalue weighted by molar-refractivity contribution is -0.114. The number of hydrogen-bond donors (Lipinski definition) is 1. The minimum atomic E-state index is -3.94. The van der Waals surface area contributed by atoms with Crippen molar-refractivity contribution in [3.05, 3.63) is 65.7 Å². The van der Waals surface area contributed by atoms with Crippen LogP contribution >= 0.6 is 11.6 Å². The van der Waals surface area contributed by atoms with Crippen LogP contribution in [0.2, 0.25) is 5.02 Å². The first kappa shape index (κ1) is 21.0. The molecular weight excluding hydrogens is 440 g/mol. The minimum Gasteiger partial charge on any atom is -0.493 e. The van der Waals surface area contributed by atoms with Crippen LogP contribution in [0.1, 0.15) is 0 Å². The van der Waals surface area contributed by atoms with E-state index in [9.17, 15) is 13.2 Å². The Morgan fingerprint density at radius 1 is 0.968 bits per heavy atom. The summed E-state index contributed by atoms with van der Waals surface area (Å²) in [6.07, 6.45) is 0. The van der Waals surface area contributed by atoms with Crippen molar-refractivity contribution in [3.8, 4) is 22.6 Å². The summed E-state index contributed by atoms with van der Waals surface area (Å²) < 4.78 is 38.1. The molecule has 0 bridgehead atoms. The SMILES string of the molecule is COc1ccc(NC(=O)CN2c3ccc(Cl)cc3-c3ccccc3S2(=O)=O)cc1OC. The Balaban J connectivity index is 1.68. The Bertz CT molecular complexity index is 1280. The maximum atomic E-state index is 13.3. The third-order valence-corrected chi connectivity index (χ3v) is 6.98. The molecule has 3 aromatic carbocycles. The Labute approximate surface area is 185 Å². The number of carbonyl (C=O) groups excluding carboxylic acids is 1. The molecule has 0 aliphatic carbocycles. The molecule has 160 valence electrons. The standard InChI is InChI=1S/C22H19ClN2O5S/c1-29-19-10-8-15(12-20(19)30-2)24-22(26)13-25-18-9-7-14(23)11-17(18)16-5-3-4-6-21(16)31(25,27)28/h3-12H,13H2,1-2H3,(H,24,26). The highest BCUT2D eigenvalue weighted by Crippen LogP contribution is 2.43. The van der Waals surface area contributed by atoms with E-state index in [-0.39, 0.29) is 4.90 Å². The molecule has 1 aliphatic heterocycles. The summed E-state index contributed by atoms with van der Waals surface area (Å²) in [5.41, 5.74) is 2.05. The van der Waals surface area contributed by atoms with Gasteiger partial charge in [-0.15, -0.1) is 0 Å². The van der Waals surface area contributed by atoms with E-state index in [1.165, 1.54) is 20.3 Å². The van der Waals surface area contributed by atoms with Gasteiger partial charge in [0.05, 0.1) is 24.8 Å². The van der Waals surface area contributed by atoms with Crippen molar-refractivity contribution in [2.45, 2.75) is 4.90 Å². The molecule has 0 saturated heterocycles. The number of carbonyl (C=O) groups is 1. The van der Waals surface area contributed by atoms with Crippen LogP contribution in [0.4, 0.5) is 11.4 Å². The van der Waals surface area contributed by atoms with Gasteiger partial charge in [0.25, 0.3) is 10.0 Å². The molecule has 3 aromatic rings. The van der Waals surface area contributed by atoms with Crippen molar-refractivity contribution in [1.82, 2.24) is 0 Å². The molecule has 31 heavy (non-hydrogen) atoms. The molecule has 1 heterocycles. The zero-order chi connectivity index (χ0) is 22.2. The van der Waals surface area contributed by atoms with Gasteiger partial charge in [0.1, 0.15) is 6.54 Å². The number of rotatable bonds is 5. The maximum Gasteiger partial charge on any atom is 0.265 e. The smallest absolute Gasteiger partial charge is 0.265 e. The van der Waals surface area contributed by atoms with E-state index >= 15 is 0 Å². The molecule has 0 aromatic heterocycles. The lowest BCUT2D eigenvalue weighted by atomic mass is 10.0. The highest BCUT2D eigenvalue weighted by atomic mass is 35.5. The molecule has 0 radical (unpaired) electrons. The second kappa shape index (κ2) is 8.13. The van der Waals surface area contributed by atoms with E-state index < -0.39 is 22.5 Å². The molecule has 0 atom stereocenters. The summed E-state index contributed by atoms with van der Waals surface area (Å²) in [6, 6.07) is 16.5. The maximum absolute atomic E-state index is 13.3. The largest absolute Gasteiger partial charge is 0.493 e. The fraction of sp³-hybridized carbons (Fsp3) is 0.136. The van der Waals surface area contributed by atoms with Gasteiger partial charge in [0.2, 0.25) is 5.91 Å². The fourth-order valence-electron chi connectivity index (χ4n) is 3.52. The van der Waals surface area contributed by atoms with Gasteiger partial charge in [-0.25, -0.2) is 8.42 Å². The number of amides is 1. The first-order valence-corrected chi connectivity index (χ1v) is 11.1. The first-order valence-electron chi connectivity index (χ1n) is 9.28. The number of nitrogens with one attached hydrogen (secondary N) is 1. The summed E-state index contributed by atoms with van der Waals surface area (Å²) in [5.74, 6) is 0.456. The molecule has 0 saturated carbocycles. The van der Waals surface area contributed by atoms with Crippen molar-refractivity contribution < 1.29 is 22.7 Å². The van der Waals surface area contributed by atoms with Crippen LogP contribution in [0.25, 0.3) is 11.1 Å². The van der Waals surface area contributed by atoms with Crippen LogP contribution in [0.15, 0.2) is 65.6 Å². The van der Waals surface area contributed by atoms with Crippen LogP contribution in [0, 0.1) is 0 Å². The van der Waals surface area contributed by atoms with Gasteiger partial charge in [0.15, 0.2) is 11.5 Å². The van der Waals surface area contributed by atoms with Crippen molar-refractivity contribution >= 4 is 38.9 Å². The number of methoxy groups -OCH3 is 2. The van der Waals surface area contributed by atoms with Gasteiger partial charge >= 0.3 is 0 Å². The number of sulfonamides is 1. The van der Waals surface area contributed by atoms with E-state index in [4.69, 9.17) is 21.1 Å². The molecule has 9 heteroatoms. The van der Waals surface area contributed by atoms with Crippen molar-refractivity contribution in [3.63, 3.8) is 0 Å². The van der Waals surface area contributed by atoms with Crippen molar-refractivity contribution in [1.29, 1.82) is 0 Å². The summed E-state index contributed by atoms with van der Waals surface area (Å²) in [6.45, 7) is -0.403. The quantitative estimate of drug-likeness (QED) is 0.620. The number of anilines is 2. The number of nitrogens with zero attached hydrogens (tertiary/aromatic N) is 1. The predicted octanol–water partition coefficient (Wildman–Crippen LogP) is 4.17. The van der Waals surface area contributed by atoms with Gasteiger partial charge in [-0.2, -0.15) is 0 Å². The van der Waals surface area contributed by atoms with Crippen molar-refractivity contribution in [2.24, 2.45) is 0 Å². The second-order valence-electron chi connectivity index (χ2n) is 6.79. The van der Waals surface area contributed by atoms with Crippen LogP contribution in [0.5, 0.6) is 11.5 Å². The van der Waals surface area contributed by atoms with E-state index in [0.717, 1.165) is 4.31 Å². The van der Waals surface area contributed by atoms with Gasteiger partial charge in [-0.1, -0.05) is 29.8 Å². The minimum absolute atomic E-state index is 0.128. The van der Waals surface area contributed by atoms with Crippen LogP contribution in [0.3, 0.4) is 0 Å². The highest BCUT2D eigenvalue weighted by Gasteiger charge is 2.36. The fourth-order valence-corrected chi connectivity index (χ4v) is 5.34. The number of hydrogen-bond acceptors (Lipinski definition) is 5. The normalized spacial score (nSPS) is 13.7. The molecule has 4 rings (SSSR count). The summed E-state index contributed by atoms with van der Waals surface area (Å²) in [4.78, 5) is 12.9. The predicted molar refractivity (Wildman–Crippen MR) is 120 cm³/mol. The molecule has 0 fully saturated rings. The topological polar surface area (TPSA) is 84.9 Å².